The zero-order chi connectivity index (χ0) is 15.5. The molecular formula is C14H15F2NO4. The van der Waals surface area contributed by atoms with Crippen LogP contribution in [0.1, 0.15) is 36.0 Å². The van der Waals surface area contributed by atoms with Gasteiger partial charge in [0.1, 0.15) is 5.75 Å². The summed E-state index contributed by atoms with van der Waals surface area (Å²) in [6.07, 6.45) is 1.89. The molecule has 1 aliphatic rings. The summed E-state index contributed by atoms with van der Waals surface area (Å²) in [5, 5.41) is 11.6. The number of halogens is 2. The Kier molecular flexibility index (Phi) is 4.40. The molecule has 0 spiro atoms. The highest BCUT2D eigenvalue weighted by Gasteiger charge is 2.40. The Morgan fingerprint density at radius 2 is 2.10 bits per heavy atom. The van der Waals surface area contributed by atoms with Crippen molar-refractivity contribution >= 4 is 11.9 Å². The number of carbonyl (C=O) groups excluding carboxylic acids is 1. The van der Waals surface area contributed by atoms with Crippen molar-refractivity contribution in [1.82, 2.24) is 5.32 Å². The van der Waals surface area contributed by atoms with Gasteiger partial charge < -0.3 is 15.2 Å². The molecule has 0 atom stereocenters. The predicted molar refractivity (Wildman–Crippen MR) is 69.4 cm³/mol. The van der Waals surface area contributed by atoms with Gasteiger partial charge in [0, 0.05) is 5.56 Å². The largest absolute Gasteiger partial charge is 0.481 e. The minimum atomic E-state index is -2.96. The lowest BCUT2D eigenvalue weighted by Gasteiger charge is -2.41. The number of ether oxygens (including phenoxy) is 1. The summed E-state index contributed by atoms with van der Waals surface area (Å²) in [4.78, 5) is 23.0. The van der Waals surface area contributed by atoms with Crippen molar-refractivity contribution in [2.45, 2.75) is 37.8 Å². The fraction of sp³-hybridized carbons (Fsp3) is 0.429. The maximum absolute atomic E-state index is 12.1. The van der Waals surface area contributed by atoms with Gasteiger partial charge in [-0.05, 0) is 37.5 Å². The molecule has 114 valence electrons. The van der Waals surface area contributed by atoms with Gasteiger partial charge in [-0.3, -0.25) is 9.59 Å². The van der Waals surface area contributed by atoms with Crippen LogP contribution in [-0.4, -0.2) is 29.1 Å². The van der Waals surface area contributed by atoms with Crippen LogP contribution in [0.3, 0.4) is 0 Å². The molecule has 5 nitrogen and oxygen atoms in total. The summed E-state index contributed by atoms with van der Waals surface area (Å²) in [6.45, 7) is -2.96. The van der Waals surface area contributed by atoms with Crippen molar-refractivity contribution in [2.24, 2.45) is 0 Å². The minimum absolute atomic E-state index is 0.112. The Labute approximate surface area is 119 Å². The van der Waals surface area contributed by atoms with Crippen LogP contribution < -0.4 is 10.1 Å². The first-order valence-electron chi connectivity index (χ1n) is 6.49. The molecule has 1 aromatic rings. The summed E-state index contributed by atoms with van der Waals surface area (Å²) in [6, 6.07) is 5.41. The van der Waals surface area contributed by atoms with E-state index in [1.165, 1.54) is 24.3 Å². The first-order valence-corrected chi connectivity index (χ1v) is 6.49. The van der Waals surface area contributed by atoms with Gasteiger partial charge in [-0.25, -0.2) is 0 Å². The normalized spacial score (nSPS) is 16.1. The summed E-state index contributed by atoms with van der Waals surface area (Å²) >= 11 is 0. The first-order chi connectivity index (χ1) is 9.90. The van der Waals surface area contributed by atoms with Gasteiger partial charge in [0.25, 0.3) is 5.91 Å². The average molecular weight is 299 g/mol. The van der Waals surface area contributed by atoms with Crippen LogP contribution in [0.15, 0.2) is 24.3 Å². The zero-order valence-corrected chi connectivity index (χ0v) is 11.1. The molecule has 0 aliphatic heterocycles. The van der Waals surface area contributed by atoms with Crippen molar-refractivity contribution in [3.8, 4) is 5.75 Å². The van der Waals surface area contributed by atoms with Crippen molar-refractivity contribution in [3.05, 3.63) is 29.8 Å². The van der Waals surface area contributed by atoms with Crippen LogP contribution in [0.4, 0.5) is 8.78 Å². The number of carboxylic acid groups (broad SMARTS) is 1. The third-order valence-electron chi connectivity index (χ3n) is 3.50. The molecule has 7 heteroatoms. The van der Waals surface area contributed by atoms with Crippen LogP contribution >= 0.6 is 0 Å². The van der Waals surface area contributed by atoms with Gasteiger partial charge in [0.05, 0.1) is 12.0 Å². The number of rotatable bonds is 6. The van der Waals surface area contributed by atoms with E-state index < -0.39 is 24.0 Å². The fourth-order valence-corrected chi connectivity index (χ4v) is 2.37. The Balaban J connectivity index is 2.07. The molecule has 1 aromatic carbocycles. The molecule has 1 fully saturated rings. The molecule has 0 unspecified atom stereocenters. The van der Waals surface area contributed by atoms with Gasteiger partial charge in [-0.15, -0.1) is 0 Å². The highest BCUT2D eigenvalue weighted by Crippen LogP contribution is 2.35. The monoisotopic (exact) mass is 299 g/mol. The molecule has 0 saturated heterocycles. The molecule has 2 N–H and O–H groups in total. The van der Waals surface area contributed by atoms with E-state index in [-0.39, 0.29) is 17.7 Å². The van der Waals surface area contributed by atoms with E-state index >= 15 is 0 Å². The Hall–Kier alpha value is -2.18. The molecular weight excluding hydrogens is 284 g/mol. The van der Waals surface area contributed by atoms with Crippen LogP contribution in [0.25, 0.3) is 0 Å². The molecule has 0 radical (unpaired) electrons. The third kappa shape index (κ3) is 3.90. The Bertz CT molecular complexity index is 544. The smallest absolute Gasteiger partial charge is 0.387 e. The Morgan fingerprint density at radius 3 is 2.62 bits per heavy atom. The van der Waals surface area contributed by atoms with Crippen LogP contribution in [0.5, 0.6) is 5.75 Å². The third-order valence-corrected chi connectivity index (χ3v) is 3.50. The van der Waals surface area contributed by atoms with Crippen LogP contribution in [0.2, 0.25) is 0 Å². The fourth-order valence-electron chi connectivity index (χ4n) is 2.37. The molecule has 1 amide bonds. The van der Waals surface area contributed by atoms with Crippen molar-refractivity contribution in [2.75, 3.05) is 0 Å². The quantitative estimate of drug-likeness (QED) is 0.846. The van der Waals surface area contributed by atoms with Gasteiger partial charge in [-0.2, -0.15) is 8.78 Å². The van der Waals surface area contributed by atoms with Gasteiger partial charge in [-0.1, -0.05) is 6.07 Å². The molecule has 2 rings (SSSR count). The maximum atomic E-state index is 12.1. The summed E-state index contributed by atoms with van der Waals surface area (Å²) in [7, 11) is 0. The molecule has 0 bridgehead atoms. The number of hydrogen-bond donors (Lipinski definition) is 2. The summed E-state index contributed by atoms with van der Waals surface area (Å²) < 4.78 is 28.5. The van der Waals surface area contributed by atoms with E-state index in [1.54, 1.807) is 0 Å². The predicted octanol–water partition coefficient (Wildman–Crippen LogP) is 2.42. The SMILES string of the molecule is O=C(O)CC1(NC(=O)c2cccc(OC(F)F)c2)CCC1. The van der Waals surface area contributed by atoms with E-state index in [2.05, 4.69) is 10.1 Å². The lowest BCUT2D eigenvalue weighted by Crippen LogP contribution is -2.54. The number of benzene rings is 1. The lowest BCUT2D eigenvalue weighted by atomic mass is 9.74. The Morgan fingerprint density at radius 1 is 1.38 bits per heavy atom. The zero-order valence-electron chi connectivity index (χ0n) is 11.1. The van der Waals surface area contributed by atoms with E-state index in [0.717, 1.165) is 6.42 Å². The second-order valence-corrected chi connectivity index (χ2v) is 5.06. The van der Waals surface area contributed by atoms with Gasteiger partial charge in [0.15, 0.2) is 0 Å². The van der Waals surface area contributed by atoms with E-state index in [0.29, 0.717) is 12.8 Å². The summed E-state index contributed by atoms with van der Waals surface area (Å²) in [5.41, 5.74) is -0.576. The van der Waals surface area contributed by atoms with E-state index in [1.807, 2.05) is 0 Å². The highest BCUT2D eigenvalue weighted by atomic mass is 19.3. The molecule has 21 heavy (non-hydrogen) atoms. The highest BCUT2D eigenvalue weighted by molar-refractivity contribution is 5.95. The van der Waals surface area contributed by atoms with Gasteiger partial charge >= 0.3 is 12.6 Å². The van der Waals surface area contributed by atoms with Crippen LogP contribution in [-0.2, 0) is 4.79 Å². The number of hydrogen-bond acceptors (Lipinski definition) is 3. The summed E-state index contributed by atoms with van der Waals surface area (Å²) in [5.74, 6) is -1.58. The minimum Gasteiger partial charge on any atom is -0.481 e. The topological polar surface area (TPSA) is 75.6 Å². The molecule has 1 saturated carbocycles. The van der Waals surface area contributed by atoms with Crippen molar-refractivity contribution < 1.29 is 28.2 Å². The van der Waals surface area contributed by atoms with Gasteiger partial charge in [0.2, 0.25) is 0 Å². The number of nitrogens with one attached hydrogen (secondary N) is 1. The molecule has 0 aromatic heterocycles. The first kappa shape index (κ1) is 15.2. The van der Waals surface area contributed by atoms with Crippen LogP contribution in [0, 0.1) is 0 Å². The number of carboxylic acids is 1. The van der Waals surface area contributed by atoms with Crippen molar-refractivity contribution in [3.63, 3.8) is 0 Å². The van der Waals surface area contributed by atoms with Crippen molar-refractivity contribution in [1.29, 1.82) is 0 Å². The number of aliphatic carboxylic acids is 1. The van der Waals surface area contributed by atoms with E-state index in [4.69, 9.17) is 5.11 Å². The number of amides is 1. The molecule has 0 heterocycles. The number of alkyl halides is 2. The standard InChI is InChI=1S/C14H15F2NO4/c15-13(16)21-10-4-1-3-9(7-10)12(20)17-14(5-2-6-14)8-11(18)19/h1,3-4,7,13H,2,5-6,8H2,(H,17,20)(H,18,19). The second kappa shape index (κ2) is 6.07. The lowest BCUT2D eigenvalue weighted by molar-refractivity contribution is -0.139. The second-order valence-electron chi connectivity index (χ2n) is 5.06. The number of carbonyl (C=O) groups is 2. The molecule has 1 aliphatic carbocycles. The maximum Gasteiger partial charge on any atom is 0.387 e. The van der Waals surface area contributed by atoms with E-state index in [9.17, 15) is 18.4 Å². The average Bonchev–Trinajstić information content (AvgIpc) is 2.35.